The first-order valence-electron chi connectivity index (χ1n) is 13.4. The monoisotopic (exact) mass is 499 g/mol. The Morgan fingerprint density at radius 2 is 1.18 bits per heavy atom. The number of aryl methyl sites for hydroxylation is 1. The summed E-state index contributed by atoms with van der Waals surface area (Å²) in [5.74, 6) is 0. The van der Waals surface area contributed by atoms with Gasteiger partial charge >= 0.3 is 0 Å². The van der Waals surface area contributed by atoms with Crippen LogP contribution >= 0.6 is 0 Å². The molecule has 0 aliphatic carbocycles. The average Bonchev–Trinajstić information content (AvgIpc) is 3.53. The molecule has 0 unspecified atom stereocenters. The van der Waals surface area contributed by atoms with E-state index in [4.69, 9.17) is 4.42 Å². The number of nitrogens with zero attached hydrogens (tertiary/aromatic N) is 1. The lowest BCUT2D eigenvalue weighted by Crippen LogP contribution is -1.93. The Hall–Kier alpha value is -5.08. The maximum Gasteiger partial charge on any atom is 0.135 e. The minimum Gasteiger partial charge on any atom is -0.456 e. The van der Waals surface area contributed by atoms with E-state index in [-0.39, 0.29) is 0 Å². The van der Waals surface area contributed by atoms with Crippen molar-refractivity contribution < 1.29 is 4.42 Å². The molecular formula is C37H25NO. The Morgan fingerprint density at radius 1 is 0.462 bits per heavy atom. The molecule has 0 aliphatic rings. The molecule has 0 spiro atoms. The van der Waals surface area contributed by atoms with Crippen molar-refractivity contribution in [1.82, 2.24) is 4.57 Å². The standard InChI is InChI=1S/C37H25NO/c1-24-9-7-16-36-37(24)32-23-29(18-20-35(32)39-36)38-33-15-6-5-14-30(33)31-22-28(17-19-34(31)38)27-13-8-12-26(21-27)25-10-3-2-4-11-25/h2-23H,1H3. The first kappa shape index (κ1) is 22.0. The van der Waals surface area contributed by atoms with Crippen LogP contribution in [0.1, 0.15) is 5.56 Å². The molecule has 0 saturated carbocycles. The molecule has 8 rings (SSSR count). The Morgan fingerprint density at radius 3 is 2.08 bits per heavy atom. The average molecular weight is 500 g/mol. The van der Waals surface area contributed by atoms with E-state index < -0.39 is 0 Å². The second-order valence-corrected chi connectivity index (χ2v) is 10.3. The number of aromatic nitrogens is 1. The van der Waals surface area contributed by atoms with Crippen LogP contribution in [0.2, 0.25) is 0 Å². The van der Waals surface area contributed by atoms with E-state index >= 15 is 0 Å². The summed E-state index contributed by atoms with van der Waals surface area (Å²) in [4.78, 5) is 0. The zero-order valence-corrected chi connectivity index (χ0v) is 21.6. The molecule has 2 heterocycles. The molecule has 39 heavy (non-hydrogen) atoms. The molecule has 0 N–H and O–H groups in total. The first-order chi connectivity index (χ1) is 19.2. The van der Waals surface area contributed by atoms with Gasteiger partial charge in [-0.1, -0.05) is 84.9 Å². The third-order valence-corrected chi connectivity index (χ3v) is 7.92. The molecule has 6 aromatic carbocycles. The van der Waals surface area contributed by atoms with E-state index in [0.29, 0.717) is 0 Å². The van der Waals surface area contributed by atoms with Gasteiger partial charge in [0.05, 0.1) is 11.0 Å². The van der Waals surface area contributed by atoms with Crippen LogP contribution in [0.3, 0.4) is 0 Å². The summed E-state index contributed by atoms with van der Waals surface area (Å²) in [6.45, 7) is 2.15. The summed E-state index contributed by atoms with van der Waals surface area (Å²) < 4.78 is 8.56. The molecule has 8 aromatic rings. The van der Waals surface area contributed by atoms with Crippen LogP contribution in [0.4, 0.5) is 0 Å². The fourth-order valence-electron chi connectivity index (χ4n) is 6.07. The maximum absolute atomic E-state index is 6.18. The lowest BCUT2D eigenvalue weighted by Gasteiger charge is -2.09. The van der Waals surface area contributed by atoms with Crippen LogP contribution in [0.5, 0.6) is 0 Å². The highest BCUT2D eigenvalue weighted by molar-refractivity contribution is 6.12. The number of hydrogen-bond acceptors (Lipinski definition) is 1. The first-order valence-corrected chi connectivity index (χ1v) is 13.4. The molecule has 0 bridgehead atoms. The molecule has 0 fully saturated rings. The third-order valence-electron chi connectivity index (χ3n) is 7.92. The summed E-state index contributed by atoms with van der Waals surface area (Å²) in [6, 6.07) is 47.8. The van der Waals surface area contributed by atoms with Crippen molar-refractivity contribution in [3.05, 3.63) is 139 Å². The van der Waals surface area contributed by atoms with Gasteiger partial charge < -0.3 is 8.98 Å². The van der Waals surface area contributed by atoms with Crippen molar-refractivity contribution in [3.63, 3.8) is 0 Å². The molecular weight excluding hydrogens is 474 g/mol. The summed E-state index contributed by atoms with van der Waals surface area (Å²) in [7, 11) is 0. The van der Waals surface area contributed by atoms with Crippen molar-refractivity contribution in [2.24, 2.45) is 0 Å². The van der Waals surface area contributed by atoms with Crippen LogP contribution in [-0.4, -0.2) is 4.57 Å². The van der Waals surface area contributed by atoms with E-state index in [0.717, 1.165) is 22.2 Å². The van der Waals surface area contributed by atoms with Crippen LogP contribution in [0.15, 0.2) is 138 Å². The van der Waals surface area contributed by atoms with Gasteiger partial charge in [0.15, 0.2) is 0 Å². The van der Waals surface area contributed by atoms with E-state index in [2.05, 4.69) is 145 Å². The van der Waals surface area contributed by atoms with Crippen LogP contribution in [0, 0.1) is 6.92 Å². The SMILES string of the molecule is Cc1cccc2oc3ccc(-n4c5ccccc5c5cc(-c6cccc(-c7ccccc7)c6)ccc54)cc3c12. The molecule has 0 radical (unpaired) electrons. The molecule has 2 heteroatoms. The predicted octanol–water partition coefficient (Wildman–Crippen LogP) is 10.3. The van der Waals surface area contributed by atoms with Gasteiger partial charge in [-0.3, -0.25) is 0 Å². The van der Waals surface area contributed by atoms with E-state index in [9.17, 15) is 0 Å². The zero-order chi connectivity index (χ0) is 25.9. The smallest absolute Gasteiger partial charge is 0.135 e. The topological polar surface area (TPSA) is 18.1 Å². The number of rotatable bonds is 3. The Kier molecular flexibility index (Phi) is 4.77. The van der Waals surface area contributed by atoms with Gasteiger partial charge in [-0.15, -0.1) is 0 Å². The quantitative estimate of drug-likeness (QED) is 0.236. The molecule has 2 aromatic heterocycles. The fourth-order valence-corrected chi connectivity index (χ4v) is 6.07. The Bertz CT molecular complexity index is 2180. The van der Waals surface area contributed by atoms with Crippen LogP contribution in [-0.2, 0) is 0 Å². The molecule has 0 atom stereocenters. The van der Waals surface area contributed by atoms with Crippen molar-refractivity contribution in [2.75, 3.05) is 0 Å². The van der Waals surface area contributed by atoms with E-state index in [1.165, 1.54) is 55.0 Å². The number of furan rings is 1. The van der Waals surface area contributed by atoms with Gasteiger partial charge in [0, 0.05) is 27.2 Å². The predicted molar refractivity (Wildman–Crippen MR) is 164 cm³/mol. The minimum absolute atomic E-state index is 0.921. The number of fused-ring (bicyclic) bond motifs is 6. The highest BCUT2D eigenvalue weighted by Gasteiger charge is 2.16. The van der Waals surface area contributed by atoms with Gasteiger partial charge in [0.1, 0.15) is 11.2 Å². The van der Waals surface area contributed by atoms with Crippen molar-refractivity contribution in [1.29, 1.82) is 0 Å². The summed E-state index contributed by atoms with van der Waals surface area (Å²) in [5, 5.41) is 4.85. The normalized spacial score (nSPS) is 11.7. The molecule has 0 saturated heterocycles. The van der Waals surface area contributed by atoms with Crippen molar-refractivity contribution >= 4 is 43.7 Å². The third kappa shape index (κ3) is 3.42. The minimum atomic E-state index is 0.921. The molecule has 0 aliphatic heterocycles. The number of hydrogen-bond donors (Lipinski definition) is 0. The summed E-state index contributed by atoms with van der Waals surface area (Å²) >= 11 is 0. The van der Waals surface area contributed by atoms with E-state index in [1.54, 1.807) is 0 Å². The molecule has 2 nitrogen and oxygen atoms in total. The van der Waals surface area contributed by atoms with Gasteiger partial charge in [-0.05, 0) is 83.3 Å². The van der Waals surface area contributed by atoms with Crippen LogP contribution in [0.25, 0.3) is 71.7 Å². The molecule has 0 amide bonds. The van der Waals surface area contributed by atoms with Crippen molar-refractivity contribution in [2.45, 2.75) is 6.92 Å². The second kappa shape index (κ2) is 8.47. The lowest BCUT2D eigenvalue weighted by molar-refractivity contribution is 0.668. The van der Waals surface area contributed by atoms with Crippen molar-refractivity contribution in [3.8, 4) is 27.9 Å². The molecule has 184 valence electrons. The Labute approximate surface area is 226 Å². The second-order valence-electron chi connectivity index (χ2n) is 10.3. The summed E-state index contributed by atoms with van der Waals surface area (Å²) in [5.41, 5.74) is 11.5. The van der Waals surface area contributed by atoms with Gasteiger partial charge in [-0.25, -0.2) is 0 Å². The zero-order valence-electron chi connectivity index (χ0n) is 21.6. The fraction of sp³-hybridized carbons (Fsp3) is 0.0270. The number of benzene rings is 6. The van der Waals surface area contributed by atoms with Gasteiger partial charge in [-0.2, -0.15) is 0 Å². The Balaban J connectivity index is 1.34. The van der Waals surface area contributed by atoms with Crippen LogP contribution < -0.4 is 0 Å². The highest BCUT2D eigenvalue weighted by Crippen LogP contribution is 2.38. The van der Waals surface area contributed by atoms with E-state index in [1.807, 2.05) is 0 Å². The van der Waals surface area contributed by atoms with Gasteiger partial charge in [0.25, 0.3) is 0 Å². The maximum atomic E-state index is 6.18. The summed E-state index contributed by atoms with van der Waals surface area (Å²) in [6.07, 6.45) is 0. The highest BCUT2D eigenvalue weighted by atomic mass is 16.3. The largest absolute Gasteiger partial charge is 0.456 e. The van der Waals surface area contributed by atoms with Gasteiger partial charge in [0.2, 0.25) is 0 Å². The lowest BCUT2D eigenvalue weighted by atomic mass is 9.98. The number of para-hydroxylation sites is 1.